The maximum Gasteiger partial charge on any atom is 0.312 e. The zero-order valence-corrected chi connectivity index (χ0v) is 12.4. The number of hydrogen-bond acceptors (Lipinski definition) is 3. The Morgan fingerprint density at radius 1 is 1.24 bits per heavy atom. The zero-order valence-electron chi connectivity index (χ0n) is 12.4. The maximum atomic E-state index is 11.9. The van der Waals surface area contributed by atoms with E-state index in [0.717, 1.165) is 16.8 Å². The van der Waals surface area contributed by atoms with Gasteiger partial charge in [-0.15, -0.1) is 0 Å². The van der Waals surface area contributed by atoms with Crippen LogP contribution < -0.4 is 16.4 Å². The second-order valence-corrected chi connectivity index (χ2v) is 4.83. The Morgan fingerprint density at radius 3 is 2.52 bits per heavy atom. The van der Waals surface area contributed by atoms with Gasteiger partial charge in [-0.2, -0.15) is 0 Å². The molecule has 7 heteroatoms. The fourth-order valence-electron chi connectivity index (χ4n) is 1.66. The molecule has 0 heterocycles. The standard InChI is InChI=1S/C14H20N4O3/c1-9-4-5-10(2)11(6-9)17-12(19)8-18(3)13(20)7-16-14(15)21/h4-6H,7-8H2,1-3H3,(H,17,19)(H3,15,16,21). The number of rotatable bonds is 5. The van der Waals surface area contributed by atoms with Gasteiger partial charge >= 0.3 is 6.03 Å². The van der Waals surface area contributed by atoms with Crippen molar-refractivity contribution in [2.45, 2.75) is 13.8 Å². The highest BCUT2D eigenvalue weighted by molar-refractivity contribution is 5.95. The van der Waals surface area contributed by atoms with Crippen LogP contribution in [0.2, 0.25) is 0 Å². The highest BCUT2D eigenvalue weighted by Crippen LogP contribution is 2.16. The number of carbonyl (C=O) groups is 3. The lowest BCUT2D eigenvalue weighted by atomic mass is 10.1. The molecule has 0 aliphatic carbocycles. The third-order valence-corrected chi connectivity index (χ3v) is 2.89. The summed E-state index contributed by atoms with van der Waals surface area (Å²) in [7, 11) is 1.48. The summed E-state index contributed by atoms with van der Waals surface area (Å²) in [6.07, 6.45) is 0. The molecular weight excluding hydrogens is 272 g/mol. The van der Waals surface area contributed by atoms with Crippen LogP contribution in [0.4, 0.5) is 10.5 Å². The smallest absolute Gasteiger partial charge is 0.312 e. The van der Waals surface area contributed by atoms with E-state index < -0.39 is 11.9 Å². The number of benzene rings is 1. The first-order valence-electron chi connectivity index (χ1n) is 6.44. The van der Waals surface area contributed by atoms with E-state index in [1.165, 1.54) is 11.9 Å². The molecule has 0 aliphatic rings. The van der Waals surface area contributed by atoms with Crippen LogP contribution in [0.5, 0.6) is 0 Å². The van der Waals surface area contributed by atoms with Crippen molar-refractivity contribution >= 4 is 23.5 Å². The lowest BCUT2D eigenvalue weighted by molar-refractivity contribution is -0.132. The van der Waals surface area contributed by atoms with Crippen molar-refractivity contribution in [2.24, 2.45) is 5.73 Å². The first kappa shape index (κ1) is 16.5. The van der Waals surface area contributed by atoms with Gasteiger partial charge in [-0.1, -0.05) is 12.1 Å². The van der Waals surface area contributed by atoms with Gasteiger partial charge in [-0.05, 0) is 31.0 Å². The van der Waals surface area contributed by atoms with Gasteiger partial charge in [0.1, 0.15) is 0 Å². The van der Waals surface area contributed by atoms with Crippen molar-refractivity contribution in [1.82, 2.24) is 10.2 Å². The Bertz CT molecular complexity index is 557. The predicted molar refractivity (Wildman–Crippen MR) is 79.8 cm³/mol. The number of primary amides is 1. The van der Waals surface area contributed by atoms with Crippen LogP contribution in [0.15, 0.2) is 18.2 Å². The second kappa shape index (κ2) is 7.28. The van der Waals surface area contributed by atoms with Crippen LogP contribution in [-0.4, -0.2) is 42.9 Å². The summed E-state index contributed by atoms with van der Waals surface area (Å²) in [5.74, 6) is -0.705. The number of nitrogens with one attached hydrogen (secondary N) is 2. The topological polar surface area (TPSA) is 105 Å². The van der Waals surface area contributed by atoms with Gasteiger partial charge in [0.15, 0.2) is 0 Å². The van der Waals surface area contributed by atoms with Crippen LogP contribution >= 0.6 is 0 Å². The number of amides is 4. The fraction of sp³-hybridized carbons (Fsp3) is 0.357. The van der Waals surface area contributed by atoms with Crippen LogP contribution in [0.1, 0.15) is 11.1 Å². The van der Waals surface area contributed by atoms with Gasteiger partial charge in [-0.25, -0.2) is 4.79 Å². The molecule has 21 heavy (non-hydrogen) atoms. The molecule has 0 saturated carbocycles. The van der Waals surface area contributed by atoms with E-state index in [4.69, 9.17) is 5.73 Å². The van der Waals surface area contributed by atoms with Crippen molar-refractivity contribution < 1.29 is 14.4 Å². The molecular formula is C14H20N4O3. The molecule has 1 aromatic carbocycles. The van der Waals surface area contributed by atoms with Gasteiger partial charge < -0.3 is 21.3 Å². The summed E-state index contributed by atoms with van der Waals surface area (Å²) in [6, 6.07) is 4.95. The Hall–Kier alpha value is -2.57. The van der Waals surface area contributed by atoms with E-state index >= 15 is 0 Å². The number of hydrogen-bond donors (Lipinski definition) is 3. The summed E-state index contributed by atoms with van der Waals surface area (Å²) < 4.78 is 0. The van der Waals surface area contributed by atoms with Gasteiger partial charge in [0.25, 0.3) is 0 Å². The van der Waals surface area contributed by atoms with Crippen LogP contribution in [0, 0.1) is 13.8 Å². The maximum absolute atomic E-state index is 11.9. The number of anilines is 1. The molecule has 0 radical (unpaired) electrons. The van der Waals surface area contributed by atoms with Gasteiger partial charge in [0, 0.05) is 12.7 Å². The number of likely N-dealkylation sites (N-methyl/N-ethyl adjacent to an activating group) is 1. The largest absolute Gasteiger partial charge is 0.352 e. The third-order valence-electron chi connectivity index (χ3n) is 2.89. The second-order valence-electron chi connectivity index (χ2n) is 4.83. The number of nitrogens with zero attached hydrogens (tertiary/aromatic N) is 1. The van der Waals surface area contributed by atoms with Crippen molar-refractivity contribution in [3.63, 3.8) is 0 Å². The molecule has 0 unspecified atom stereocenters. The Balaban J connectivity index is 2.55. The van der Waals surface area contributed by atoms with Gasteiger partial charge in [0.2, 0.25) is 11.8 Å². The van der Waals surface area contributed by atoms with E-state index in [9.17, 15) is 14.4 Å². The molecule has 4 N–H and O–H groups in total. The SMILES string of the molecule is Cc1ccc(C)c(NC(=O)CN(C)C(=O)CNC(N)=O)c1. The molecule has 0 aromatic heterocycles. The average Bonchev–Trinajstić information content (AvgIpc) is 2.39. The van der Waals surface area contributed by atoms with Gasteiger partial charge in [-0.3, -0.25) is 9.59 Å². The third kappa shape index (κ3) is 5.52. The zero-order chi connectivity index (χ0) is 16.0. The molecule has 0 fully saturated rings. The molecule has 0 aliphatic heterocycles. The average molecular weight is 292 g/mol. The minimum Gasteiger partial charge on any atom is -0.352 e. The highest BCUT2D eigenvalue weighted by Gasteiger charge is 2.14. The predicted octanol–water partition coefficient (Wildman–Crippen LogP) is 0.369. The lowest BCUT2D eigenvalue weighted by Crippen LogP contribution is -2.42. The first-order chi connectivity index (χ1) is 9.79. The van der Waals surface area contributed by atoms with Crippen molar-refractivity contribution in [1.29, 1.82) is 0 Å². The van der Waals surface area contributed by atoms with E-state index in [1.54, 1.807) is 0 Å². The fourth-order valence-corrected chi connectivity index (χ4v) is 1.66. The molecule has 1 rings (SSSR count). The van der Waals surface area contributed by atoms with E-state index in [1.807, 2.05) is 32.0 Å². The van der Waals surface area contributed by atoms with Gasteiger partial charge in [0.05, 0.1) is 13.1 Å². The van der Waals surface area contributed by atoms with Crippen LogP contribution in [0.25, 0.3) is 0 Å². The monoisotopic (exact) mass is 292 g/mol. The summed E-state index contributed by atoms with van der Waals surface area (Å²) >= 11 is 0. The van der Waals surface area contributed by atoms with E-state index in [-0.39, 0.29) is 19.0 Å². The van der Waals surface area contributed by atoms with Crippen molar-refractivity contribution in [3.05, 3.63) is 29.3 Å². The summed E-state index contributed by atoms with van der Waals surface area (Å²) in [5, 5.41) is 4.94. The highest BCUT2D eigenvalue weighted by atomic mass is 16.2. The number of aryl methyl sites for hydroxylation is 2. The minimum absolute atomic E-state index is 0.105. The van der Waals surface area contributed by atoms with Crippen molar-refractivity contribution in [3.8, 4) is 0 Å². The summed E-state index contributed by atoms with van der Waals surface area (Å²) in [5.41, 5.74) is 7.57. The van der Waals surface area contributed by atoms with Crippen molar-refractivity contribution in [2.75, 3.05) is 25.5 Å². The summed E-state index contributed by atoms with van der Waals surface area (Å²) in [6.45, 7) is 3.48. The molecule has 1 aromatic rings. The lowest BCUT2D eigenvalue weighted by Gasteiger charge is -2.17. The number of nitrogens with two attached hydrogens (primary N) is 1. The number of carbonyl (C=O) groups excluding carboxylic acids is 3. The number of urea groups is 1. The van der Waals surface area contributed by atoms with E-state index in [0.29, 0.717) is 0 Å². The minimum atomic E-state index is -0.781. The van der Waals surface area contributed by atoms with Crippen LogP contribution in [0.3, 0.4) is 0 Å². The molecule has 7 nitrogen and oxygen atoms in total. The Labute approximate surface area is 123 Å². The summed E-state index contributed by atoms with van der Waals surface area (Å²) in [4.78, 5) is 35.3. The normalized spacial score (nSPS) is 9.86. The van der Waals surface area contributed by atoms with Crippen LogP contribution in [-0.2, 0) is 9.59 Å². The molecule has 0 saturated heterocycles. The Kier molecular flexibility index (Phi) is 5.71. The quantitative estimate of drug-likeness (QED) is 0.730. The Morgan fingerprint density at radius 2 is 1.90 bits per heavy atom. The first-order valence-corrected chi connectivity index (χ1v) is 6.44. The molecule has 0 bridgehead atoms. The molecule has 0 spiro atoms. The molecule has 114 valence electrons. The van der Waals surface area contributed by atoms with E-state index in [2.05, 4.69) is 10.6 Å². The molecule has 0 atom stereocenters. The molecule has 4 amide bonds.